The van der Waals surface area contributed by atoms with Gasteiger partial charge in [-0.15, -0.1) is 10.2 Å². The van der Waals surface area contributed by atoms with Crippen molar-refractivity contribution >= 4 is 40.9 Å². The Kier molecular flexibility index (Phi) is 9.39. The van der Waals surface area contributed by atoms with Crippen LogP contribution in [0.25, 0.3) is 0 Å². The highest BCUT2D eigenvalue weighted by atomic mass is 35.5. The Morgan fingerprint density at radius 1 is 1.11 bits per heavy atom. The second-order valence-corrected chi connectivity index (χ2v) is 8.94. The summed E-state index contributed by atoms with van der Waals surface area (Å²) in [7, 11) is 1.61. The largest absolute Gasteiger partial charge is 0.497 e. The minimum Gasteiger partial charge on any atom is -0.497 e. The van der Waals surface area contributed by atoms with Gasteiger partial charge >= 0.3 is 5.97 Å². The van der Waals surface area contributed by atoms with Gasteiger partial charge in [0.15, 0.2) is 11.0 Å². The van der Waals surface area contributed by atoms with Gasteiger partial charge in [0, 0.05) is 6.54 Å². The summed E-state index contributed by atoms with van der Waals surface area (Å²) in [4.78, 5) is 24.7. The molecule has 0 spiro atoms. The molecule has 1 N–H and O–H groups in total. The molecule has 0 saturated heterocycles. The van der Waals surface area contributed by atoms with Gasteiger partial charge in [0.2, 0.25) is 5.91 Å². The van der Waals surface area contributed by atoms with Crippen LogP contribution in [0.5, 0.6) is 11.5 Å². The number of carbonyl (C=O) groups is 2. The van der Waals surface area contributed by atoms with Crippen molar-refractivity contribution in [2.45, 2.75) is 45.2 Å². The summed E-state index contributed by atoms with van der Waals surface area (Å²) in [5, 5.41) is 12.1. The number of hydrogen-bond donors (Lipinski definition) is 1. The first-order valence-electron chi connectivity index (χ1n) is 10.9. The van der Waals surface area contributed by atoms with Crippen LogP contribution in [0.3, 0.4) is 0 Å². The van der Waals surface area contributed by atoms with Gasteiger partial charge in [0.25, 0.3) is 0 Å². The predicted octanol–water partition coefficient (Wildman–Crippen LogP) is 4.84. The molecule has 0 atom stereocenters. The zero-order valence-electron chi connectivity index (χ0n) is 19.9. The molecular formula is C24H27ClN4O5S. The number of nitrogens with one attached hydrogen (secondary N) is 1. The van der Waals surface area contributed by atoms with Gasteiger partial charge in [-0.05, 0) is 63.2 Å². The van der Waals surface area contributed by atoms with Crippen molar-refractivity contribution in [3.63, 3.8) is 0 Å². The number of carbonyl (C=O) groups excluding carboxylic acids is 2. The van der Waals surface area contributed by atoms with E-state index in [9.17, 15) is 9.59 Å². The maximum absolute atomic E-state index is 12.6. The lowest BCUT2D eigenvalue weighted by Crippen LogP contribution is -2.16. The van der Waals surface area contributed by atoms with E-state index in [1.165, 1.54) is 17.8 Å². The number of benzene rings is 2. The number of anilines is 1. The van der Waals surface area contributed by atoms with Crippen molar-refractivity contribution < 1.29 is 23.8 Å². The van der Waals surface area contributed by atoms with Crippen LogP contribution < -0.4 is 14.8 Å². The Balaban J connectivity index is 1.59. The maximum atomic E-state index is 12.6. The Morgan fingerprint density at radius 2 is 1.83 bits per heavy atom. The number of methoxy groups -OCH3 is 1. The number of hydrogen-bond acceptors (Lipinski definition) is 8. The van der Waals surface area contributed by atoms with E-state index in [2.05, 4.69) is 15.5 Å². The van der Waals surface area contributed by atoms with E-state index >= 15 is 0 Å². The van der Waals surface area contributed by atoms with E-state index in [0.717, 1.165) is 5.75 Å². The van der Waals surface area contributed by atoms with E-state index in [-0.39, 0.29) is 24.4 Å². The minimum absolute atomic E-state index is 0.0778. The molecule has 1 amide bonds. The highest BCUT2D eigenvalue weighted by Crippen LogP contribution is 2.25. The fourth-order valence-corrected chi connectivity index (χ4v) is 4.00. The summed E-state index contributed by atoms with van der Waals surface area (Å²) >= 11 is 7.44. The Bertz CT molecular complexity index is 1170. The number of halogens is 1. The molecule has 1 heterocycles. The quantitative estimate of drug-likeness (QED) is 0.284. The SMILES string of the molecule is CCn1c(COc2ccc(OC)cc2)nnc1SCC(=O)Nc1cc(C(=O)OC(C)C)ccc1Cl. The summed E-state index contributed by atoms with van der Waals surface area (Å²) in [5.41, 5.74) is 0.638. The molecule has 0 fully saturated rings. The maximum Gasteiger partial charge on any atom is 0.338 e. The lowest BCUT2D eigenvalue weighted by atomic mass is 10.2. The molecule has 0 radical (unpaired) electrons. The van der Waals surface area contributed by atoms with Crippen molar-refractivity contribution in [2.24, 2.45) is 0 Å². The van der Waals surface area contributed by atoms with Crippen LogP contribution in [0.4, 0.5) is 5.69 Å². The third-order valence-corrected chi connectivity index (χ3v) is 5.98. The van der Waals surface area contributed by atoms with Crippen molar-refractivity contribution in [3.8, 4) is 11.5 Å². The van der Waals surface area contributed by atoms with Gasteiger partial charge in [0.1, 0.15) is 18.1 Å². The second-order valence-electron chi connectivity index (χ2n) is 7.59. The fourth-order valence-electron chi connectivity index (χ4n) is 3.02. The average molecular weight is 519 g/mol. The van der Waals surface area contributed by atoms with E-state index in [1.807, 2.05) is 35.8 Å². The van der Waals surface area contributed by atoms with Crippen molar-refractivity contribution in [1.29, 1.82) is 0 Å². The Labute approximate surface area is 213 Å². The standard InChI is InChI=1S/C24H27ClN4O5S/c1-5-29-21(13-33-18-9-7-17(32-4)8-10-18)27-28-24(29)35-14-22(30)26-20-12-16(6-11-19(20)25)23(31)34-15(2)3/h6-12,15H,5,13-14H2,1-4H3,(H,26,30). The first-order valence-corrected chi connectivity index (χ1v) is 12.3. The summed E-state index contributed by atoms with van der Waals surface area (Å²) < 4.78 is 18.0. The predicted molar refractivity (Wildman–Crippen MR) is 134 cm³/mol. The van der Waals surface area contributed by atoms with Gasteiger partial charge in [-0.3, -0.25) is 4.79 Å². The summed E-state index contributed by atoms with van der Waals surface area (Å²) in [5.74, 6) is 1.37. The molecular weight excluding hydrogens is 492 g/mol. The topological polar surface area (TPSA) is 105 Å². The van der Waals surface area contributed by atoms with E-state index < -0.39 is 5.97 Å². The first kappa shape index (κ1) is 26.4. The second kappa shape index (κ2) is 12.5. The van der Waals surface area contributed by atoms with Crippen molar-refractivity contribution in [2.75, 3.05) is 18.2 Å². The summed E-state index contributed by atoms with van der Waals surface area (Å²) in [6.07, 6.45) is -0.255. The van der Waals surface area contributed by atoms with Crippen LogP contribution >= 0.6 is 23.4 Å². The molecule has 3 rings (SSSR count). The zero-order chi connectivity index (χ0) is 25.4. The third-order valence-electron chi connectivity index (χ3n) is 4.69. The number of thioether (sulfide) groups is 1. The lowest BCUT2D eigenvalue weighted by Gasteiger charge is -2.11. The van der Waals surface area contributed by atoms with Gasteiger partial charge in [0.05, 0.1) is 35.2 Å². The van der Waals surface area contributed by atoms with Crippen LogP contribution in [0.1, 0.15) is 37.0 Å². The monoisotopic (exact) mass is 518 g/mol. The van der Waals surface area contributed by atoms with Gasteiger partial charge in [-0.25, -0.2) is 4.79 Å². The van der Waals surface area contributed by atoms with Gasteiger partial charge in [-0.1, -0.05) is 23.4 Å². The van der Waals surface area contributed by atoms with E-state index in [0.29, 0.717) is 39.5 Å². The van der Waals surface area contributed by atoms with Crippen molar-refractivity contribution in [3.05, 3.63) is 58.9 Å². The van der Waals surface area contributed by atoms with Crippen LogP contribution in [-0.4, -0.2) is 45.6 Å². The molecule has 0 aliphatic rings. The smallest absolute Gasteiger partial charge is 0.338 e. The molecule has 9 nitrogen and oxygen atoms in total. The van der Waals surface area contributed by atoms with Gasteiger partial charge in [-0.2, -0.15) is 0 Å². The fraction of sp³-hybridized carbons (Fsp3) is 0.333. The molecule has 35 heavy (non-hydrogen) atoms. The summed E-state index contributed by atoms with van der Waals surface area (Å²) in [6.45, 7) is 6.34. The highest BCUT2D eigenvalue weighted by molar-refractivity contribution is 7.99. The van der Waals surface area contributed by atoms with Crippen LogP contribution in [-0.2, 0) is 22.7 Å². The number of nitrogens with zero attached hydrogens (tertiary/aromatic N) is 3. The van der Waals surface area contributed by atoms with E-state index in [1.54, 1.807) is 33.1 Å². The number of esters is 1. The highest BCUT2D eigenvalue weighted by Gasteiger charge is 2.16. The molecule has 3 aromatic rings. The molecule has 0 aliphatic heterocycles. The number of amides is 1. The third kappa shape index (κ3) is 7.37. The Morgan fingerprint density at radius 3 is 2.49 bits per heavy atom. The van der Waals surface area contributed by atoms with Crippen LogP contribution in [0, 0.1) is 0 Å². The lowest BCUT2D eigenvalue weighted by molar-refractivity contribution is -0.113. The molecule has 11 heteroatoms. The molecule has 186 valence electrons. The van der Waals surface area contributed by atoms with E-state index in [4.69, 9.17) is 25.8 Å². The number of ether oxygens (including phenoxy) is 3. The molecule has 2 aromatic carbocycles. The van der Waals surface area contributed by atoms with Crippen molar-refractivity contribution in [1.82, 2.24) is 14.8 Å². The molecule has 0 saturated carbocycles. The number of rotatable bonds is 11. The molecule has 0 unspecified atom stereocenters. The Hall–Kier alpha value is -3.24. The molecule has 0 aliphatic carbocycles. The number of aromatic nitrogens is 3. The van der Waals surface area contributed by atoms with Crippen LogP contribution in [0.2, 0.25) is 5.02 Å². The average Bonchev–Trinajstić information content (AvgIpc) is 3.24. The minimum atomic E-state index is -0.484. The first-order chi connectivity index (χ1) is 16.8. The van der Waals surface area contributed by atoms with Gasteiger partial charge < -0.3 is 24.1 Å². The molecule has 1 aromatic heterocycles. The normalized spacial score (nSPS) is 10.8. The summed E-state index contributed by atoms with van der Waals surface area (Å²) in [6, 6.07) is 11.9. The zero-order valence-corrected chi connectivity index (χ0v) is 21.5. The van der Waals surface area contributed by atoms with Crippen LogP contribution in [0.15, 0.2) is 47.6 Å². The molecule has 0 bridgehead atoms.